The van der Waals surface area contributed by atoms with E-state index >= 15 is 0 Å². The van der Waals surface area contributed by atoms with Crippen LogP contribution >= 0.6 is 0 Å². The van der Waals surface area contributed by atoms with Crippen molar-refractivity contribution in [1.29, 1.82) is 0 Å². The van der Waals surface area contributed by atoms with Crippen LogP contribution in [0.15, 0.2) is 36.4 Å². The predicted molar refractivity (Wildman–Crippen MR) is 91.3 cm³/mol. The van der Waals surface area contributed by atoms with E-state index in [9.17, 15) is 30.7 Å². The van der Waals surface area contributed by atoms with Gasteiger partial charge < -0.3 is 10.6 Å². The first-order chi connectivity index (χ1) is 13.5. The first-order valence-corrected chi connectivity index (χ1v) is 8.64. The Balaban J connectivity index is 1.56. The summed E-state index contributed by atoms with van der Waals surface area (Å²) in [6.07, 6.45) is -10.2. The normalized spacial score (nSPS) is 24.2. The Morgan fingerprint density at radius 2 is 1.52 bits per heavy atom. The van der Waals surface area contributed by atoms with Crippen molar-refractivity contribution < 1.29 is 30.7 Å². The zero-order valence-electron chi connectivity index (χ0n) is 14.5. The van der Waals surface area contributed by atoms with Gasteiger partial charge in [0.1, 0.15) is 12.0 Å². The SMILES string of the molecule is Fc1ccc(C2CC(C3Nc4cc(C(F)(F)F)cc(C(F)(F)F)c4N3)NN2)cc1. The Labute approximate surface area is 160 Å². The van der Waals surface area contributed by atoms with Crippen LogP contribution in [0.2, 0.25) is 0 Å². The minimum absolute atomic E-state index is 0.109. The lowest BCUT2D eigenvalue weighted by Gasteiger charge is -2.20. The van der Waals surface area contributed by atoms with Crippen molar-refractivity contribution in [2.75, 3.05) is 10.6 Å². The topological polar surface area (TPSA) is 48.1 Å². The van der Waals surface area contributed by atoms with E-state index in [1.807, 2.05) is 0 Å². The number of anilines is 2. The Bertz CT molecular complexity index is 908. The van der Waals surface area contributed by atoms with Crippen molar-refractivity contribution in [1.82, 2.24) is 10.9 Å². The fourth-order valence-corrected chi connectivity index (χ4v) is 3.57. The summed E-state index contributed by atoms with van der Waals surface area (Å²) in [7, 11) is 0. The molecule has 0 aromatic heterocycles. The van der Waals surface area contributed by atoms with Crippen LogP contribution in [0.1, 0.15) is 29.2 Å². The maximum Gasteiger partial charge on any atom is 0.418 e. The third-order valence-electron chi connectivity index (χ3n) is 4.99. The molecule has 2 aliphatic rings. The van der Waals surface area contributed by atoms with Gasteiger partial charge in [0.05, 0.1) is 28.5 Å². The summed E-state index contributed by atoms with van der Waals surface area (Å²) in [4.78, 5) is 0. The standard InChI is InChI=1S/C18H15F7N4/c19-10-3-1-8(2-4-10)12-7-14(29-28-12)16-26-13-6-9(17(20,21)22)5-11(15(13)27-16)18(23,24)25/h1-6,12,14,16,26-29H,7H2. The summed E-state index contributed by atoms with van der Waals surface area (Å²) >= 11 is 0. The minimum atomic E-state index is -4.95. The highest BCUT2D eigenvalue weighted by molar-refractivity contribution is 5.79. The van der Waals surface area contributed by atoms with Gasteiger partial charge >= 0.3 is 12.4 Å². The number of fused-ring (bicyclic) bond motifs is 1. The number of hydrazine groups is 1. The molecule has 3 atom stereocenters. The highest BCUT2D eigenvalue weighted by atomic mass is 19.4. The second-order valence-electron chi connectivity index (χ2n) is 6.94. The van der Waals surface area contributed by atoms with Crippen molar-refractivity contribution in [3.05, 3.63) is 58.9 Å². The van der Waals surface area contributed by atoms with Crippen LogP contribution in [0, 0.1) is 5.82 Å². The van der Waals surface area contributed by atoms with E-state index in [0.717, 1.165) is 5.56 Å². The molecule has 0 radical (unpaired) electrons. The molecule has 2 heterocycles. The highest BCUT2D eigenvalue weighted by Gasteiger charge is 2.43. The Morgan fingerprint density at radius 3 is 2.14 bits per heavy atom. The molecule has 0 aliphatic carbocycles. The van der Waals surface area contributed by atoms with Gasteiger partial charge in [-0.3, -0.25) is 5.43 Å². The number of hydrogen-bond donors (Lipinski definition) is 4. The lowest BCUT2D eigenvalue weighted by Crippen LogP contribution is -2.45. The van der Waals surface area contributed by atoms with Gasteiger partial charge in [-0.15, -0.1) is 0 Å². The second kappa shape index (κ2) is 6.77. The average molecular weight is 420 g/mol. The molecule has 156 valence electrons. The van der Waals surface area contributed by atoms with Gasteiger partial charge in [-0.2, -0.15) is 26.3 Å². The highest BCUT2D eigenvalue weighted by Crippen LogP contribution is 2.46. The van der Waals surface area contributed by atoms with Gasteiger partial charge in [0, 0.05) is 6.04 Å². The molecule has 1 saturated heterocycles. The summed E-state index contributed by atoms with van der Waals surface area (Å²) < 4.78 is 92.2. The van der Waals surface area contributed by atoms with E-state index in [1.54, 1.807) is 12.1 Å². The van der Waals surface area contributed by atoms with Gasteiger partial charge in [-0.1, -0.05) is 12.1 Å². The Kier molecular flexibility index (Phi) is 4.61. The van der Waals surface area contributed by atoms with Crippen LogP contribution in [0.4, 0.5) is 42.1 Å². The largest absolute Gasteiger partial charge is 0.418 e. The van der Waals surface area contributed by atoms with Crippen LogP contribution in [0.3, 0.4) is 0 Å². The molecule has 4 N–H and O–H groups in total. The van der Waals surface area contributed by atoms with Crippen LogP contribution in [0.25, 0.3) is 0 Å². The van der Waals surface area contributed by atoms with Crippen molar-refractivity contribution >= 4 is 11.4 Å². The quantitative estimate of drug-likeness (QED) is 0.535. The van der Waals surface area contributed by atoms with Crippen LogP contribution < -0.4 is 21.5 Å². The third kappa shape index (κ3) is 3.84. The van der Waals surface area contributed by atoms with Crippen LogP contribution in [-0.4, -0.2) is 12.2 Å². The molecule has 0 saturated carbocycles. The molecule has 1 fully saturated rings. The van der Waals surface area contributed by atoms with E-state index in [4.69, 9.17) is 0 Å². The van der Waals surface area contributed by atoms with E-state index in [1.165, 1.54) is 12.1 Å². The molecule has 4 nitrogen and oxygen atoms in total. The maximum atomic E-state index is 13.3. The molecule has 4 rings (SSSR count). The fourth-order valence-electron chi connectivity index (χ4n) is 3.57. The molecule has 0 spiro atoms. The Hall–Kier alpha value is -2.53. The summed E-state index contributed by atoms with van der Waals surface area (Å²) in [5.74, 6) is -0.397. The summed E-state index contributed by atoms with van der Waals surface area (Å²) in [5, 5.41) is 5.36. The van der Waals surface area contributed by atoms with Crippen LogP contribution in [-0.2, 0) is 12.4 Å². The van der Waals surface area contributed by atoms with E-state index in [0.29, 0.717) is 12.5 Å². The number of hydrogen-bond acceptors (Lipinski definition) is 4. The summed E-state index contributed by atoms with van der Waals surface area (Å²) in [5.41, 5.74) is 3.24. The smallest absolute Gasteiger partial charge is 0.362 e. The number of nitrogens with one attached hydrogen (secondary N) is 4. The lowest BCUT2D eigenvalue weighted by atomic mass is 10.0. The fraction of sp³-hybridized carbons (Fsp3) is 0.333. The first-order valence-electron chi connectivity index (χ1n) is 8.64. The zero-order valence-corrected chi connectivity index (χ0v) is 14.5. The van der Waals surface area contributed by atoms with E-state index < -0.39 is 47.2 Å². The molecule has 0 amide bonds. The monoisotopic (exact) mass is 420 g/mol. The lowest BCUT2D eigenvalue weighted by molar-refractivity contribution is -0.142. The zero-order chi connectivity index (χ0) is 21.0. The van der Waals surface area contributed by atoms with Crippen molar-refractivity contribution in [2.24, 2.45) is 0 Å². The average Bonchev–Trinajstić information content (AvgIpc) is 3.26. The third-order valence-corrected chi connectivity index (χ3v) is 4.99. The van der Waals surface area contributed by atoms with Gasteiger partial charge in [0.15, 0.2) is 0 Å². The van der Waals surface area contributed by atoms with Crippen LogP contribution in [0.5, 0.6) is 0 Å². The Morgan fingerprint density at radius 1 is 0.828 bits per heavy atom. The van der Waals surface area contributed by atoms with Gasteiger partial charge in [0.25, 0.3) is 0 Å². The van der Waals surface area contributed by atoms with E-state index in [-0.39, 0.29) is 17.8 Å². The van der Waals surface area contributed by atoms with E-state index in [2.05, 4.69) is 21.5 Å². The van der Waals surface area contributed by atoms with Crippen molar-refractivity contribution in [2.45, 2.75) is 37.0 Å². The molecule has 2 aliphatic heterocycles. The molecule has 11 heteroatoms. The van der Waals surface area contributed by atoms with Gasteiger partial charge in [-0.25, -0.2) is 9.82 Å². The summed E-state index contributed by atoms with van der Waals surface area (Å²) in [6, 6.07) is 5.85. The minimum Gasteiger partial charge on any atom is -0.362 e. The van der Waals surface area contributed by atoms with Gasteiger partial charge in [0.2, 0.25) is 0 Å². The second-order valence-corrected chi connectivity index (χ2v) is 6.94. The molecule has 2 aromatic rings. The molecule has 0 bridgehead atoms. The number of alkyl halides is 6. The molecular weight excluding hydrogens is 405 g/mol. The van der Waals surface area contributed by atoms with Gasteiger partial charge in [-0.05, 0) is 36.2 Å². The maximum absolute atomic E-state index is 13.3. The first kappa shape index (κ1) is 19.8. The molecular formula is C18H15F7N4. The molecule has 29 heavy (non-hydrogen) atoms. The predicted octanol–water partition coefficient (Wildman–Crippen LogP) is 4.63. The molecule has 3 unspecified atom stereocenters. The van der Waals surface area contributed by atoms with Crippen molar-refractivity contribution in [3.63, 3.8) is 0 Å². The molecule has 2 aromatic carbocycles. The number of rotatable bonds is 2. The van der Waals surface area contributed by atoms with Crippen molar-refractivity contribution in [3.8, 4) is 0 Å². The number of benzene rings is 2. The number of halogens is 7. The summed E-state index contributed by atoms with van der Waals surface area (Å²) in [6.45, 7) is 0.